The third-order valence-electron chi connectivity index (χ3n) is 2.75. The van der Waals surface area contributed by atoms with Gasteiger partial charge in [-0.05, 0) is 30.2 Å². The zero-order valence-corrected chi connectivity index (χ0v) is 12.1. The molecule has 3 nitrogen and oxygen atoms in total. The lowest BCUT2D eigenvalue weighted by atomic mass is 10.1. The van der Waals surface area contributed by atoms with Crippen molar-refractivity contribution in [1.29, 1.82) is 0 Å². The van der Waals surface area contributed by atoms with E-state index in [0.717, 1.165) is 30.0 Å². The van der Waals surface area contributed by atoms with E-state index in [-0.39, 0.29) is 0 Å². The molecule has 19 heavy (non-hydrogen) atoms. The number of anilines is 2. The van der Waals surface area contributed by atoms with Gasteiger partial charge in [-0.1, -0.05) is 29.3 Å². The van der Waals surface area contributed by atoms with Gasteiger partial charge in [0.25, 0.3) is 0 Å². The summed E-state index contributed by atoms with van der Waals surface area (Å²) < 4.78 is 0. The highest BCUT2D eigenvalue weighted by Gasteiger charge is 2.01. The molecule has 2 N–H and O–H groups in total. The Bertz CT molecular complexity index is 558. The van der Waals surface area contributed by atoms with Crippen LogP contribution in [-0.2, 0) is 6.42 Å². The van der Waals surface area contributed by atoms with Crippen LogP contribution >= 0.6 is 23.2 Å². The van der Waals surface area contributed by atoms with Crippen LogP contribution in [0.5, 0.6) is 0 Å². The average Bonchev–Trinajstić information content (AvgIpc) is 2.41. The summed E-state index contributed by atoms with van der Waals surface area (Å²) in [5.41, 5.74) is 2.12. The summed E-state index contributed by atoms with van der Waals surface area (Å²) in [4.78, 5) is 4.16. The number of pyridine rings is 1. The maximum atomic E-state index is 6.13. The van der Waals surface area contributed by atoms with E-state index in [2.05, 4.69) is 15.6 Å². The van der Waals surface area contributed by atoms with Crippen LogP contribution in [0, 0.1) is 0 Å². The summed E-state index contributed by atoms with van der Waals surface area (Å²) in [6.07, 6.45) is 2.61. The molecule has 0 atom stereocenters. The van der Waals surface area contributed by atoms with E-state index in [1.165, 1.54) is 0 Å². The molecule has 0 amide bonds. The molecule has 0 fully saturated rings. The third-order valence-corrected chi connectivity index (χ3v) is 3.34. The van der Waals surface area contributed by atoms with Crippen molar-refractivity contribution in [2.45, 2.75) is 6.42 Å². The van der Waals surface area contributed by atoms with E-state index in [0.29, 0.717) is 10.0 Å². The summed E-state index contributed by atoms with van der Waals surface area (Å²) in [7, 11) is 1.85. The Morgan fingerprint density at radius 3 is 2.74 bits per heavy atom. The number of hydrogen-bond acceptors (Lipinski definition) is 3. The van der Waals surface area contributed by atoms with Gasteiger partial charge < -0.3 is 10.6 Å². The fourth-order valence-corrected chi connectivity index (χ4v) is 2.25. The van der Waals surface area contributed by atoms with Gasteiger partial charge in [0.15, 0.2) is 0 Å². The first kappa shape index (κ1) is 14.0. The van der Waals surface area contributed by atoms with E-state index in [1.807, 2.05) is 31.3 Å². The average molecular weight is 296 g/mol. The predicted octanol–water partition coefficient (Wildman–Crippen LogP) is 4.08. The minimum Gasteiger partial charge on any atom is -0.385 e. The molecule has 100 valence electrons. The number of benzene rings is 1. The SMILES string of the molecule is CNc1cc(NCCc2ccc(Cl)cc2Cl)ccn1. The molecule has 0 unspecified atom stereocenters. The molecular weight excluding hydrogens is 281 g/mol. The number of nitrogens with zero attached hydrogens (tertiary/aromatic N) is 1. The van der Waals surface area contributed by atoms with Crippen molar-refractivity contribution in [3.8, 4) is 0 Å². The van der Waals surface area contributed by atoms with Crippen molar-refractivity contribution < 1.29 is 0 Å². The number of hydrogen-bond donors (Lipinski definition) is 2. The Kier molecular flexibility index (Phi) is 4.88. The lowest BCUT2D eigenvalue weighted by Gasteiger charge is -2.09. The third kappa shape index (κ3) is 4.01. The summed E-state index contributed by atoms with van der Waals surface area (Å²) in [6.45, 7) is 0.800. The zero-order valence-electron chi connectivity index (χ0n) is 10.6. The molecule has 0 bridgehead atoms. The highest BCUT2D eigenvalue weighted by molar-refractivity contribution is 6.35. The standard InChI is InChI=1S/C14H15Cl2N3/c1-17-14-9-12(5-7-19-14)18-6-4-10-2-3-11(15)8-13(10)16/h2-3,5,7-9H,4,6H2,1H3,(H2,17,18,19). The van der Waals surface area contributed by atoms with E-state index < -0.39 is 0 Å². The molecule has 5 heteroatoms. The van der Waals surface area contributed by atoms with Crippen LogP contribution < -0.4 is 10.6 Å². The van der Waals surface area contributed by atoms with Crippen LogP contribution in [0.1, 0.15) is 5.56 Å². The fraction of sp³-hybridized carbons (Fsp3) is 0.214. The van der Waals surface area contributed by atoms with Gasteiger partial charge >= 0.3 is 0 Å². The Morgan fingerprint density at radius 2 is 2.00 bits per heavy atom. The van der Waals surface area contributed by atoms with Gasteiger partial charge in [-0.15, -0.1) is 0 Å². The summed E-state index contributed by atoms with van der Waals surface area (Å²) in [5, 5.41) is 7.71. The molecule has 2 aromatic rings. The topological polar surface area (TPSA) is 37.0 Å². The maximum absolute atomic E-state index is 6.13. The monoisotopic (exact) mass is 295 g/mol. The molecule has 0 aliphatic carbocycles. The van der Waals surface area contributed by atoms with Crippen LogP contribution in [0.3, 0.4) is 0 Å². The number of rotatable bonds is 5. The normalized spacial score (nSPS) is 10.3. The number of halogens is 2. The van der Waals surface area contributed by atoms with E-state index >= 15 is 0 Å². The minimum absolute atomic E-state index is 0.662. The number of nitrogens with one attached hydrogen (secondary N) is 2. The lowest BCUT2D eigenvalue weighted by molar-refractivity contribution is 1.02. The quantitative estimate of drug-likeness (QED) is 0.872. The van der Waals surface area contributed by atoms with Crippen molar-refractivity contribution in [3.63, 3.8) is 0 Å². The second-order valence-electron chi connectivity index (χ2n) is 4.09. The van der Waals surface area contributed by atoms with Crippen LogP contribution in [-0.4, -0.2) is 18.6 Å². The minimum atomic E-state index is 0.662. The van der Waals surface area contributed by atoms with Gasteiger partial charge in [-0.3, -0.25) is 0 Å². The first-order valence-corrected chi connectivity index (χ1v) is 6.76. The van der Waals surface area contributed by atoms with E-state index in [4.69, 9.17) is 23.2 Å². The molecular formula is C14H15Cl2N3. The van der Waals surface area contributed by atoms with Crippen LogP contribution in [0.25, 0.3) is 0 Å². The van der Waals surface area contributed by atoms with Crippen LogP contribution in [0.2, 0.25) is 10.0 Å². The number of aromatic nitrogens is 1. The van der Waals surface area contributed by atoms with Crippen molar-refractivity contribution in [3.05, 3.63) is 52.1 Å². The molecule has 2 rings (SSSR count). The molecule has 0 saturated heterocycles. The molecule has 0 aliphatic rings. The highest BCUT2D eigenvalue weighted by atomic mass is 35.5. The second-order valence-corrected chi connectivity index (χ2v) is 4.94. The zero-order chi connectivity index (χ0) is 13.7. The largest absolute Gasteiger partial charge is 0.385 e. The smallest absolute Gasteiger partial charge is 0.127 e. The Hall–Kier alpha value is -1.45. The first-order valence-electron chi connectivity index (χ1n) is 6.00. The molecule has 1 aromatic heterocycles. The highest BCUT2D eigenvalue weighted by Crippen LogP contribution is 2.21. The van der Waals surface area contributed by atoms with Gasteiger partial charge in [0.05, 0.1) is 0 Å². The molecule has 0 spiro atoms. The van der Waals surface area contributed by atoms with Gasteiger partial charge in [0.2, 0.25) is 0 Å². The lowest BCUT2D eigenvalue weighted by Crippen LogP contribution is -2.05. The van der Waals surface area contributed by atoms with Crippen LogP contribution in [0.15, 0.2) is 36.5 Å². The first-order chi connectivity index (χ1) is 9.19. The molecule has 0 radical (unpaired) electrons. The predicted molar refractivity (Wildman–Crippen MR) is 82.4 cm³/mol. The summed E-state index contributed by atoms with van der Waals surface area (Å²) >= 11 is 12.0. The van der Waals surface area contributed by atoms with Gasteiger partial charge in [0, 0.05) is 41.6 Å². The summed E-state index contributed by atoms with van der Waals surface area (Å²) in [5.74, 6) is 0.842. The second kappa shape index (κ2) is 6.64. The Balaban J connectivity index is 1.92. The van der Waals surface area contributed by atoms with Crippen molar-refractivity contribution in [2.75, 3.05) is 24.2 Å². The van der Waals surface area contributed by atoms with Crippen molar-refractivity contribution in [2.24, 2.45) is 0 Å². The van der Waals surface area contributed by atoms with E-state index in [1.54, 1.807) is 12.3 Å². The molecule has 0 aliphatic heterocycles. The van der Waals surface area contributed by atoms with Crippen molar-refractivity contribution >= 4 is 34.7 Å². The van der Waals surface area contributed by atoms with Crippen molar-refractivity contribution in [1.82, 2.24) is 4.98 Å². The van der Waals surface area contributed by atoms with Crippen LogP contribution in [0.4, 0.5) is 11.5 Å². The molecule has 1 aromatic carbocycles. The van der Waals surface area contributed by atoms with Gasteiger partial charge in [-0.25, -0.2) is 4.98 Å². The Labute approximate surface area is 123 Å². The molecule has 0 saturated carbocycles. The summed E-state index contributed by atoms with van der Waals surface area (Å²) in [6, 6.07) is 9.48. The molecule has 1 heterocycles. The maximum Gasteiger partial charge on any atom is 0.127 e. The Morgan fingerprint density at radius 1 is 1.16 bits per heavy atom. The fourth-order valence-electron chi connectivity index (χ4n) is 1.74. The van der Waals surface area contributed by atoms with E-state index in [9.17, 15) is 0 Å². The van der Waals surface area contributed by atoms with Gasteiger partial charge in [-0.2, -0.15) is 0 Å². The van der Waals surface area contributed by atoms with Gasteiger partial charge in [0.1, 0.15) is 5.82 Å².